The van der Waals surface area contributed by atoms with Crippen molar-refractivity contribution in [3.8, 4) is 0 Å². The van der Waals surface area contributed by atoms with Gasteiger partial charge in [0.15, 0.2) is 0 Å². The maximum absolute atomic E-state index is 2.34. The zero-order valence-corrected chi connectivity index (χ0v) is 11.3. The first kappa shape index (κ1) is 10.9. The molecular weight excluding hydrogens is 224 g/mol. The Hall–Kier alpha value is -1.21. The molecule has 0 bridgehead atoms. The van der Waals surface area contributed by atoms with E-state index in [4.69, 9.17) is 0 Å². The largest absolute Gasteiger partial charge is 0.0892 e. The highest BCUT2D eigenvalue weighted by atomic mass is 32.2. The van der Waals surface area contributed by atoms with E-state index < -0.39 is 0 Å². The van der Waals surface area contributed by atoms with Crippen LogP contribution in [0.25, 0.3) is 0 Å². The van der Waals surface area contributed by atoms with Gasteiger partial charge in [-0.1, -0.05) is 54.6 Å². The van der Waals surface area contributed by atoms with Gasteiger partial charge in [-0.05, 0) is 36.6 Å². The van der Waals surface area contributed by atoms with Crippen molar-refractivity contribution in [2.24, 2.45) is 0 Å². The van der Waals surface area contributed by atoms with Crippen molar-refractivity contribution in [1.29, 1.82) is 0 Å². The molecule has 1 heterocycles. The minimum Gasteiger partial charge on any atom is -0.0892 e. The summed E-state index contributed by atoms with van der Waals surface area (Å²) in [5.41, 5.74) is 5.74. The third-order valence-electron chi connectivity index (χ3n) is 3.51. The fourth-order valence-corrected chi connectivity index (χ4v) is 3.96. The van der Waals surface area contributed by atoms with Gasteiger partial charge < -0.3 is 0 Å². The van der Waals surface area contributed by atoms with Gasteiger partial charge in [-0.25, -0.2) is 0 Å². The second-order valence-corrected chi connectivity index (χ2v) is 5.91. The van der Waals surface area contributed by atoms with E-state index >= 15 is 0 Å². The van der Waals surface area contributed by atoms with Crippen molar-refractivity contribution >= 4 is 11.8 Å². The van der Waals surface area contributed by atoms with Gasteiger partial charge in [-0.3, -0.25) is 0 Å². The number of fused-ring (bicyclic) bond motifs is 2. The predicted octanol–water partition coefficient (Wildman–Crippen LogP) is 4.92. The summed E-state index contributed by atoms with van der Waals surface area (Å²) in [6.45, 7) is 6.72. The molecule has 0 nitrogen and oxygen atoms in total. The lowest BCUT2D eigenvalue weighted by molar-refractivity contribution is 0.847. The number of benzene rings is 2. The predicted molar refractivity (Wildman–Crippen MR) is 74.0 cm³/mol. The molecule has 86 valence electrons. The molecule has 0 saturated heterocycles. The summed E-state index contributed by atoms with van der Waals surface area (Å²) in [6.07, 6.45) is 0. The molecule has 0 aliphatic carbocycles. The van der Waals surface area contributed by atoms with Crippen LogP contribution in [0.1, 0.15) is 35.1 Å². The molecule has 17 heavy (non-hydrogen) atoms. The van der Waals surface area contributed by atoms with Gasteiger partial charge in [0.1, 0.15) is 0 Å². The van der Waals surface area contributed by atoms with Crippen molar-refractivity contribution in [3.63, 3.8) is 0 Å². The number of aryl methyl sites for hydroxylation is 2. The maximum atomic E-state index is 2.34. The maximum Gasteiger partial charge on any atom is 0.0190 e. The summed E-state index contributed by atoms with van der Waals surface area (Å²) in [7, 11) is 0. The van der Waals surface area contributed by atoms with E-state index in [1.807, 2.05) is 11.8 Å². The molecular formula is C16H16S. The molecule has 1 aliphatic heterocycles. The van der Waals surface area contributed by atoms with Crippen molar-refractivity contribution < 1.29 is 0 Å². The van der Waals surface area contributed by atoms with E-state index in [-0.39, 0.29) is 0 Å². The monoisotopic (exact) mass is 240 g/mol. The number of hydrogen-bond donors (Lipinski definition) is 0. The van der Waals surface area contributed by atoms with Crippen LogP contribution < -0.4 is 0 Å². The zero-order chi connectivity index (χ0) is 12.0. The second kappa shape index (κ2) is 3.92. The Morgan fingerprint density at radius 3 is 2.59 bits per heavy atom. The molecule has 0 spiro atoms. The molecule has 0 amide bonds. The highest BCUT2D eigenvalue weighted by molar-refractivity contribution is 7.99. The molecule has 3 rings (SSSR count). The molecule has 0 aromatic heterocycles. The summed E-state index contributed by atoms with van der Waals surface area (Å²) in [5, 5.41) is 0. The standard InChI is InChI=1S/C16H16S/c1-10-8-11(2)16-14(9-10)12(3)13-6-4-5-7-15(13)17-16/h4-9,12H,1-3H3. The zero-order valence-electron chi connectivity index (χ0n) is 10.4. The summed E-state index contributed by atoms with van der Waals surface area (Å²) in [5.74, 6) is 0.515. The molecule has 0 saturated carbocycles. The second-order valence-electron chi connectivity index (χ2n) is 4.86. The van der Waals surface area contributed by atoms with Crippen LogP contribution in [0.2, 0.25) is 0 Å². The first-order valence-corrected chi connectivity index (χ1v) is 6.86. The highest BCUT2D eigenvalue weighted by Gasteiger charge is 2.23. The fraction of sp³-hybridized carbons (Fsp3) is 0.250. The average molecular weight is 240 g/mol. The number of hydrogen-bond acceptors (Lipinski definition) is 1. The van der Waals surface area contributed by atoms with Crippen molar-refractivity contribution in [2.45, 2.75) is 36.5 Å². The number of rotatable bonds is 0. The van der Waals surface area contributed by atoms with Gasteiger partial charge in [0, 0.05) is 15.7 Å². The van der Waals surface area contributed by atoms with Gasteiger partial charge in [-0.2, -0.15) is 0 Å². The molecule has 1 aliphatic rings. The van der Waals surface area contributed by atoms with E-state index in [0.717, 1.165) is 0 Å². The summed E-state index contributed by atoms with van der Waals surface area (Å²) >= 11 is 1.92. The Bertz CT molecular complexity index is 584. The minimum absolute atomic E-state index is 0.515. The molecule has 0 N–H and O–H groups in total. The van der Waals surface area contributed by atoms with Crippen LogP contribution in [0.5, 0.6) is 0 Å². The molecule has 2 aromatic rings. The van der Waals surface area contributed by atoms with Crippen LogP contribution in [-0.2, 0) is 0 Å². The minimum atomic E-state index is 0.515. The Labute approximate surface area is 107 Å². The SMILES string of the molecule is Cc1cc(C)c2c(c1)C(C)c1ccccc1S2. The van der Waals surface area contributed by atoms with E-state index in [1.54, 1.807) is 0 Å². The fourth-order valence-electron chi connectivity index (χ4n) is 2.66. The normalized spacial score (nSPS) is 17.5. The first-order chi connectivity index (χ1) is 8.16. The topological polar surface area (TPSA) is 0 Å². The Morgan fingerprint density at radius 2 is 1.76 bits per heavy atom. The van der Waals surface area contributed by atoms with Gasteiger partial charge in [-0.15, -0.1) is 0 Å². The van der Waals surface area contributed by atoms with Crippen molar-refractivity contribution in [2.75, 3.05) is 0 Å². The lowest BCUT2D eigenvalue weighted by Crippen LogP contribution is -2.06. The van der Waals surface area contributed by atoms with Crippen LogP contribution in [0.3, 0.4) is 0 Å². The van der Waals surface area contributed by atoms with Crippen LogP contribution in [-0.4, -0.2) is 0 Å². The van der Waals surface area contributed by atoms with Crippen molar-refractivity contribution in [1.82, 2.24) is 0 Å². The van der Waals surface area contributed by atoms with Crippen LogP contribution in [0, 0.1) is 13.8 Å². The van der Waals surface area contributed by atoms with E-state index in [9.17, 15) is 0 Å². The van der Waals surface area contributed by atoms with Gasteiger partial charge in [0.05, 0.1) is 0 Å². The molecule has 2 aromatic carbocycles. The Balaban J connectivity index is 2.23. The first-order valence-electron chi connectivity index (χ1n) is 6.04. The molecule has 1 heteroatoms. The van der Waals surface area contributed by atoms with E-state index in [1.165, 1.54) is 32.0 Å². The van der Waals surface area contributed by atoms with Crippen LogP contribution in [0.15, 0.2) is 46.2 Å². The Morgan fingerprint density at radius 1 is 1.00 bits per heavy atom. The Kier molecular flexibility index (Phi) is 2.52. The quantitative estimate of drug-likeness (QED) is 0.630. The molecule has 0 radical (unpaired) electrons. The van der Waals surface area contributed by atoms with Gasteiger partial charge in [0.25, 0.3) is 0 Å². The smallest absolute Gasteiger partial charge is 0.0190 e. The summed E-state index contributed by atoms with van der Waals surface area (Å²) < 4.78 is 0. The lowest BCUT2D eigenvalue weighted by Gasteiger charge is -2.26. The molecule has 1 atom stereocenters. The molecule has 0 fully saturated rings. The van der Waals surface area contributed by atoms with E-state index in [0.29, 0.717) is 5.92 Å². The summed E-state index contributed by atoms with van der Waals surface area (Å²) in [4.78, 5) is 2.88. The lowest BCUT2D eigenvalue weighted by atomic mass is 9.90. The third-order valence-corrected chi connectivity index (χ3v) is 4.87. The van der Waals surface area contributed by atoms with Crippen LogP contribution in [0.4, 0.5) is 0 Å². The van der Waals surface area contributed by atoms with Crippen molar-refractivity contribution in [3.05, 3.63) is 58.7 Å². The van der Waals surface area contributed by atoms with Gasteiger partial charge >= 0.3 is 0 Å². The highest BCUT2D eigenvalue weighted by Crippen LogP contribution is 2.47. The molecule has 1 unspecified atom stereocenters. The van der Waals surface area contributed by atoms with Crippen LogP contribution >= 0.6 is 11.8 Å². The average Bonchev–Trinajstić information content (AvgIpc) is 2.31. The van der Waals surface area contributed by atoms with E-state index in [2.05, 4.69) is 57.2 Å². The third kappa shape index (κ3) is 1.69. The van der Waals surface area contributed by atoms with Gasteiger partial charge in [0.2, 0.25) is 0 Å². The summed E-state index contributed by atoms with van der Waals surface area (Å²) in [6, 6.07) is 13.4.